The van der Waals surface area contributed by atoms with Gasteiger partial charge >= 0.3 is 0 Å². The standard InChI is InChI=1S/C14H14Cl2N2/c1-9-4-11(6-12(15)5-9)14(17)7-10-2-3-18-8-13(10)16/h2-6,8,14H,7,17H2,1H3. The molecule has 0 amide bonds. The zero-order valence-electron chi connectivity index (χ0n) is 10.0. The molecule has 1 heterocycles. The predicted octanol–water partition coefficient (Wildman–Crippen LogP) is 3.94. The van der Waals surface area contributed by atoms with Gasteiger partial charge in [0.25, 0.3) is 0 Å². The van der Waals surface area contributed by atoms with Crippen molar-refractivity contribution in [2.45, 2.75) is 19.4 Å². The van der Waals surface area contributed by atoms with Crippen LogP contribution in [0, 0.1) is 6.92 Å². The van der Waals surface area contributed by atoms with Crippen LogP contribution in [0.2, 0.25) is 10.0 Å². The highest BCUT2D eigenvalue weighted by Gasteiger charge is 2.10. The van der Waals surface area contributed by atoms with Crippen molar-refractivity contribution in [3.8, 4) is 0 Å². The molecule has 0 aliphatic rings. The van der Waals surface area contributed by atoms with Gasteiger partial charge in [-0.05, 0) is 48.2 Å². The summed E-state index contributed by atoms with van der Waals surface area (Å²) in [5.41, 5.74) is 9.32. The van der Waals surface area contributed by atoms with Gasteiger partial charge in [-0.25, -0.2) is 0 Å². The largest absolute Gasteiger partial charge is 0.324 e. The molecule has 1 aromatic carbocycles. The number of rotatable bonds is 3. The third kappa shape index (κ3) is 3.22. The van der Waals surface area contributed by atoms with Crippen LogP contribution in [-0.2, 0) is 6.42 Å². The van der Waals surface area contributed by atoms with Crippen LogP contribution in [0.5, 0.6) is 0 Å². The maximum absolute atomic E-state index is 6.20. The van der Waals surface area contributed by atoms with E-state index in [0.717, 1.165) is 16.7 Å². The summed E-state index contributed by atoms with van der Waals surface area (Å²) in [6.07, 6.45) is 4.02. The van der Waals surface area contributed by atoms with E-state index in [0.29, 0.717) is 16.5 Å². The van der Waals surface area contributed by atoms with Crippen LogP contribution in [0.25, 0.3) is 0 Å². The van der Waals surface area contributed by atoms with Crippen molar-refractivity contribution in [1.29, 1.82) is 0 Å². The topological polar surface area (TPSA) is 38.9 Å². The van der Waals surface area contributed by atoms with Crippen molar-refractivity contribution in [3.63, 3.8) is 0 Å². The van der Waals surface area contributed by atoms with Crippen LogP contribution < -0.4 is 5.73 Å². The molecule has 0 saturated carbocycles. The zero-order chi connectivity index (χ0) is 13.1. The van der Waals surface area contributed by atoms with E-state index < -0.39 is 0 Å². The minimum atomic E-state index is -0.123. The molecule has 0 bridgehead atoms. The number of hydrogen-bond donors (Lipinski definition) is 1. The highest BCUT2D eigenvalue weighted by molar-refractivity contribution is 6.31. The summed E-state index contributed by atoms with van der Waals surface area (Å²) in [7, 11) is 0. The summed E-state index contributed by atoms with van der Waals surface area (Å²) in [6.45, 7) is 2.00. The third-order valence-electron chi connectivity index (χ3n) is 2.79. The van der Waals surface area contributed by atoms with Crippen molar-refractivity contribution in [3.05, 3.63) is 63.4 Å². The highest BCUT2D eigenvalue weighted by atomic mass is 35.5. The lowest BCUT2D eigenvalue weighted by Crippen LogP contribution is -2.13. The van der Waals surface area contributed by atoms with Crippen LogP contribution in [0.15, 0.2) is 36.7 Å². The van der Waals surface area contributed by atoms with Crippen molar-refractivity contribution in [1.82, 2.24) is 4.98 Å². The molecule has 0 aliphatic heterocycles. The third-order valence-corrected chi connectivity index (χ3v) is 3.35. The Kier molecular flexibility index (Phi) is 4.23. The van der Waals surface area contributed by atoms with Gasteiger partial charge in [-0.3, -0.25) is 4.98 Å². The maximum atomic E-state index is 6.20. The molecule has 0 saturated heterocycles. The molecule has 0 radical (unpaired) electrons. The van der Waals surface area contributed by atoms with E-state index in [4.69, 9.17) is 28.9 Å². The summed E-state index contributed by atoms with van der Waals surface area (Å²) >= 11 is 12.1. The average molecular weight is 281 g/mol. The van der Waals surface area contributed by atoms with E-state index in [1.165, 1.54) is 0 Å². The molecule has 1 aromatic heterocycles. The van der Waals surface area contributed by atoms with Crippen molar-refractivity contribution in [2.75, 3.05) is 0 Å². The SMILES string of the molecule is Cc1cc(Cl)cc(C(N)Cc2ccncc2Cl)c1. The quantitative estimate of drug-likeness (QED) is 0.925. The average Bonchev–Trinajstić information content (AvgIpc) is 2.31. The highest BCUT2D eigenvalue weighted by Crippen LogP contribution is 2.24. The first-order valence-electron chi connectivity index (χ1n) is 5.67. The van der Waals surface area contributed by atoms with Crippen LogP contribution in [-0.4, -0.2) is 4.98 Å². The molecule has 2 aromatic rings. The lowest BCUT2D eigenvalue weighted by molar-refractivity contribution is 0.720. The molecule has 2 N–H and O–H groups in total. The minimum Gasteiger partial charge on any atom is -0.324 e. The van der Waals surface area contributed by atoms with Crippen LogP contribution in [0.3, 0.4) is 0 Å². The number of halogens is 2. The molecule has 0 fully saturated rings. The summed E-state index contributed by atoms with van der Waals surface area (Å²) < 4.78 is 0. The number of hydrogen-bond acceptors (Lipinski definition) is 2. The zero-order valence-corrected chi connectivity index (χ0v) is 11.5. The van der Waals surface area contributed by atoms with Gasteiger partial charge in [0, 0.05) is 23.5 Å². The maximum Gasteiger partial charge on any atom is 0.0622 e. The second-order valence-electron chi connectivity index (χ2n) is 4.34. The van der Waals surface area contributed by atoms with Gasteiger partial charge in [-0.2, -0.15) is 0 Å². The van der Waals surface area contributed by atoms with E-state index in [9.17, 15) is 0 Å². The van der Waals surface area contributed by atoms with Gasteiger partial charge in [0.15, 0.2) is 0 Å². The Hall–Kier alpha value is -1.09. The first-order valence-corrected chi connectivity index (χ1v) is 6.43. The predicted molar refractivity (Wildman–Crippen MR) is 76.1 cm³/mol. The fraction of sp³-hybridized carbons (Fsp3) is 0.214. The summed E-state index contributed by atoms with van der Waals surface area (Å²) in [5.74, 6) is 0. The molecule has 18 heavy (non-hydrogen) atoms. The lowest BCUT2D eigenvalue weighted by Gasteiger charge is -2.14. The number of pyridine rings is 1. The second kappa shape index (κ2) is 5.70. The van der Waals surface area contributed by atoms with E-state index >= 15 is 0 Å². The van der Waals surface area contributed by atoms with E-state index in [1.54, 1.807) is 12.4 Å². The van der Waals surface area contributed by atoms with Gasteiger partial charge in [-0.15, -0.1) is 0 Å². The fourth-order valence-corrected chi connectivity index (χ4v) is 2.40. The van der Waals surface area contributed by atoms with Crippen LogP contribution in [0.1, 0.15) is 22.7 Å². The monoisotopic (exact) mass is 280 g/mol. The minimum absolute atomic E-state index is 0.123. The van der Waals surface area contributed by atoms with Crippen molar-refractivity contribution < 1.29 is 0 Å². The molecule has 2 rings (SSSR count). The smallest absolute Gasteiger partial charge is 0.0622 e. The van der Waals surface area contributed by atoms with E-state index in [1.807, 2.05) is 31.2 Å². The van der Waals surface area contributed by atoms with Gasteiger partial charge in [0.2, 0.25) is 0 Å². The molecule has 4 heteroatoms. The number of nitrogens with zero attached hydrogens (tertiary/aromatic N) is 1. The van der Waals surface area contributed by atoms with Gasteiger partial charge in [0.05, 0.1) is 5.02 Å². The molecular weight excluding hydrogens is 267 g/mol. The molecule has 1 unspecified atom stereocenters. The summed E-state index contributed by atoms with van der Waals surface area (Å²) in [5, 5.41) is 1.35. The van der Waals surface area contributed by atoms with Crippen LogP contribution in [0.4, 0.5) is 0 Å². The Balaban J connectivity index is 2.22. The number of aromatic nitrogens is 1. The molecular formula is C14H14Cl2N2. The Labute approximate surface area is 117 Å². The molecule has 1 atom stereocenters. The first kappa shape index (κ1) is 13.3. The first-order chi connectivity index (χ1) is 8.56. The van der Waals surface area contributed by atoms with E-state index in [2.05, 4.69) is 4.98 Å². The van der Waals surface area contributed by atoms with E-state index in [-0.39, 0.29) is 6.04 Å². The molecule has 2 nitrogen and oxygen atoms in total. The Morgan fingerprint density at radius 3 is 2.72 bits per heavy atom. The van der Waals surface area contributed by atoms with Crippen molar-refractivity contribution in [2.24, 2.45) is 5.73 Å². The lowest BCUT2D eigenvalue weighted by atomic mass is 9.99. The molecule has 0 spiro atoms. The number of aryl methyl sites for hydroxylation is 1. The second-order valence-corrected chi connectivity index (χ2v) is 5.18. The summed E-state index contributed by atoms with van der Waals surface area (Å²) in [6, 6.07) is 7.62. The van der Waals surface area contributed by atoms with Crippen LogP contribution >= 0.6 is 23.2 Å². The Morgan fingerprint density at radius 1 is 1.28 bits per heavy atom. The van der Waals surface area contributed by atoms with Gasteiger partial charge in [0.1, 0.15) is 0 Å². The van der Waals surface area contributed by atoms with Gasteiger partial charge < -0.3 is 5.73 Å². The molecule has 94 valence electrons. The number of nitrogens with two attached hydrogens (primary N) is 1. The fourth-order valence-electron chi connectivity index (χ4n) is 1.90. The normalized spacial score (nSPS) is 12.4. The number of benzene rings is 1. The Bertz CT molecular complexity index is 535. The van der Waals surface area contributed by atoms with Gasteiger partial charge in [-0.1, -0.05) is 29.3 Å². The summed E-state index contributed by atoms with van der Waals surface area (Å²) in [4.78, 5) is 3.96. The Morgan fingerprint density at radius 2 is 2.06 bits per heavy atom. The van der Waals surface area contributed by atoms with Crippen molar-refractivity contribution >= 4 is 23.2 Å². The molecule has 0 aliphatic carbocycles.